The van der Waals surface area contributed by atoms with Crippen LogP contribution in [0.4, 0.5) is 0 Å². The lowest BCUT2D eigenvalue weighted by Gasteiger charge is -2.24. The number of esters is 1. The van der Waals surface area contributed by atoms with Crippen molar-refractivity contribution in [2.24, 2.45) is 0 Å². The third-order valence-electron chi connectivity index (χ3n) is 3.40. The van der Waals surface area contributed by atoms with E-state index < -0.39 is 5.54 Å². The molecule has 0 bridgehead atoms. The average Bonchev–Trinajstić information content (AvgIpc) is 2.44. The molecule has 0 amide bonds. The summed E-state index contributed by atoms with van der Waals surface area (Å²) in [4.78, 5) is 11.6. The maximum Gasteiger partial charge on any atom is 0.325 e. The van der Waals surface area contributed by atoms with Crippen LogP contribution >= 0.6 is 0 Å². The second-order valence-electron chi connectivity index (χ2n) is 5.36. The molecule has 1 heterocycles. The molecule has 0 saturated carbocycles. The number of hydrogen-bond acceptors (Lipinski definition) is 4. The number of carbonyl (C=O) groups excluding carboxylic acids is 1. The van der Waals surface area contributed by atoms with E-state index in [2.05, 4.69) is 11.4 Å². The van der Waals surface area contributed by atoms with Crippen molar-refractivity contribution in [1.82, 2.24) is 5.32 Å². The van der Waals surface area contributed by atoms with Crippen molar-refractivity contribution in [2.45, 2.75) is 38.8 Å². The summed E-state index contributed by atoms with van der Waals surface area (Å²) in [5.41, 5.74) is 1.73. The number of ether oxygens (including phenoxy) is 2. The molecule has 0 spiro atoms. The Labute approximate surface area is 114 Å². The predicted octanol–water partition coefficient (Wildman–Crippen LogP) is 2.05. The van der Waals surface area contributed by atoms with E-state index in [0.717, 1.165) is 30.8 Å². The number of nitrogens with one attached hydrogen (secondary N) is 1. The van der Waals surface area contributed by atoms with Crippen molar-refractivity contribution in [1.29, 1.82) is 0 Å². The number of benzene rings is 1. The van der Waals surface area contributed by atoms with E-state index in [1.165, 1.54) is 12.7 Å². The minimum atomic E-state index is -0.679. The number of carbonyl (C=O) groups is 1. The highest BCUT2D eigenvalue weighted by atomic mass is 16.5. The van der Waals surface area contributed by atoms with Crippen molar-refractivity contribution in [3.8, 4) is 5.75 Å². The van der Waals surface area contributed by atoms with Crippen molar-refractivity contribution >= 4 is 5.97 Å². The molecule has 0 saturated heterocycles. The molecule has 0 aromatic heterocycles. The van der Waals surface area contributed by atoms with Crippen molar-refractivity contribution < 1.29 is 14.3 Å². The van der Waals surface area contributed by atoms with E-state index in [-0.39, 0.29) is 5.97 Å². The zero-order valence-corrected chi connectivity index (χ0v) is 11.8. The molecular formula is C15H21NO3. The fraction of sp³-hybridized carbons (Fsp3) is 0.533. The molecule has 0 atom stereocenters. The van der Waals surface area contributed by atoms with Gasteiger partial charge in [0.2, 0.25) is 0 Å². The van der Waals surface area contributed by atoms with Crippen molar-refractivity contribution in [2.75, 3.05) is 13.7 Å². The second kappa shape index (κ2) is 5.61. The van der Waals surface area contributed by atoms with Crippen LogP contribution in [0.3, 0.4) is 0 Å². The molecule has 0 aliphatic carbocycles. The Balaban J connectivity index is 2.02. The van der Waals surface area contributed by atoms with Crippen molar-refractivity contribution in [3.63, 3.8) is 0 Å². The zero-order valence-electron chi connectivity index (χ0n) is 11.8. The molecule has 0 radical (unpaired) electrons. The van der Waals surface area contributed by atoms with Gasteiger partial charge in [-0.25, -0.2) is 0 Å². The lowest BCUT2D eigenvalue weighted by molar-refractivity contribution is -0.147. The van der Waals surface area contributed by atoms with Crippen LogP contribution < -0.4 is 10.1 Å². The van der Waals surface area contributed by atoms with Gasteiger partial charge in [-0.1, -0.05) is 12.1 Å². The Morgan fingerprint density at radius 1 is 1.47 bits per heavy atom. The maximum absolute atomic E-state index is 11.6. The van der Waals surface area contributed by atoms with Gasteiger partial charge in [-0.05, 0) is 43.9 Å². The van der Waals surface area contributed by atoms with Crippen LogP contribution in [0.25, 0.3) is 0 Å². The Hall–Kier alpha value is -1.55. The lowest BCUT2D eigenvalue weighted by Crippen LogP contribution is -2.46. The Kier molecular flexibility index (Phi) is 4.10. The molecule has 1 aliphatic rings. The van der Waals surface area contributed by atoms with Gasteiger partial charge >= 0.3 is 5.97 Å². The highest BCUT2D eigenvalue weighted by Gasteiger charge is 2.27. The van der Waals surface area contributed by atoms with Crippen LogP contribution in [0.1, 0.15) is 31.4 Å². The Morgan fingerprint density at radius 3 is 3.00 bits per heavy atom. The van der Waals surface area contributed by atoms with E-state index >= 15 is 0 Å². The van der Waals surface area contributed by atoms with Gasteiger partial charge in [0, 0.05) is 6.54 Å². The van der Waals surface area contributed by atoms with Gasteiger partial charge in [-0.2, -0.15) is 0 Å². The topological polar surface area (TPSA) is 47.6 Å². The molecule has 1 aromatic rings. The van der Waals surface area contributed by atoms with Crippen LogP contribution in [0.15, 0.2) is 18.2 Å². The van der Waals surface area contributed by atoms with Crippen LogP contribution in [-0.2, 0) is 22.5 Å². The minimum absolute atomic E-state index is 0.256. The van der Waals surface area contributed by atoms with Crippen LogP contribution in [-0.4, -0.2) is 25.2 Å². The third-order valence-corrected chi connectivity index (χ3v) is 3.40. The normalized spacial score (nSPS) is 14.5. The van der Waals surface area contributed by atoms with E-state index in [0.29, 0.717) is 6.54 Å². The standard InChI is InChI=1S/C15H21NO3/c1-15(2,14(17)18-3)16-10-11-6-7-13-12(9-11)5-4-8-19-13/h6-7,9,16H,4-5,8,10H2,1-3H3. The van der Waals surface area contributed by atoms with E-state index in [1.807, 2.05) is 26.0 Å². The number of methoxy groups -OCH3 is 1. The van der Waals surface area contributed by atoms with E-state index in [4.69, 9.17) is 9.47 Å². The Morgan fingerprint density at radius 2 is 2.26 bits per heavy atom. The minimum Gasteiger partial charge on any atom is -0.493 e. The first-order valence-electron chi connectivity index (χ1n) is 6.61. The highest BCUT2D eigenvalue weighted by Crippen LogP contribution is 2.25. The summed E-state index contributed by atoms with van der Waals surface area (Å²) in [7, 11) is 1.40. The number of fused-ring (bicyclic) bond motifs is 1. The average molecular weight is 263 g/mol. The van der Waals surface area contributed by atoms with Gasteiger partial charge in [0.05, 0.1) is 13.7 Å². The molecule has 19 heavy (non-hydrogen) atoms. The van der Waals surface area contributed by atoms with Gasteiger partial charge in [0.1, 0.15) is 11.3 Å². The van der Waals surface area contributed by atoms with Crippen LogP contribution in [0.2, 0.25) is 0 Å². The summed E-state index contributed by atoms with van der Waals surface area (Å²) in [5.74, 6) is 0.732. The maximum atomic E-state index is 11.6. The third kappa shape index (κ3) is 3.26. The first-order chi connectivity index (χ1) is 9.03. The number of hydrogen-bond donors (Lipinski definition) is 1. The molecule has 4 heteroatoms. The molecule has 4 nitrogen and oxygen atoms in total. The summed E-state index contributed by atoms with van der Waals surface area (Å²) in [6.07, 6.45) is 2.13. The summed E-state index contributed by atoms with van der Waals surface area (Å²) < 4.78 is 10.4. The van der Waals surface area contributed by atoms with Gasteiger partial charge in [-0.3, -0.25) is 10.1 Å². The van der Waals surface area contributed by atoms with E-state index in [9.17, 15) is 4.79 Å². The van der Waals surface area contributed by atoms with Crippen LogP contribution in [0, 0.1) is 0 Å². The number of rotatable bonds is 4. The van der Waals surface area contributed by atoms with Gasteiger partial charge < -0.3 is 9.47 Å². The molecular weight excluding hydrogens is 242 g/mol. The molecule has 1 aliphatic heterocycles. The first kappa shape index (κ1) is 13.9. The van der Waals surface area contributed by atoms with Gasteiger partial charge in [0.15, 0.2) is 0 Å². The molecule has 104 valence electrons. The molecule has 1 aromatic carbocycles. The summed E-state index contributed by atoms with van der Waals surface area (Å²) in [5, 5.41) is 3.22. The predicted molar refractivity (Wildman–Crippen MR) is 73.2 cm³/mol. The van der Waals surface area contributed by atoms with Gasteiger partial charge in [0.25, 0.3) is 0 Å². The quantitative estimate of drug-likeness (QED) is 0.845. The van der Waals surface area contributed by atoms with Crippen LogP contribution in [0.5, 0.6) is 5.75 Å². The fourth-order valence-corrected chi connectivity index (χ4v) is 2.17. The number of aryl methyl sites for hydroxylation is 1. The van der Waals surface area contributed by atoms with E-state index in [1.54, 1.807) is 0 Å². The zero-order chi connectivity index (χ0) is 13.9. The summed E-state index contributed by atoms with van der Waals surface area (Å²) in [6.45, 7) is 5.08. The second-order valence-corrected chi connectivity index (χ2v) is 5.36. The monoisotopic (exact) mass is 263 g/mol. The van der Waals surface area contributed by atoms with Gasteiger partial charge in [-0.15, -0.1) is 0 Å². The lowest BCUT2D eigenvalue weighted by atomic mass is 10.0. The summed E-state index contributed by atoms with van der Waals surface area (Å²) in [6, 6.07) is 6.19. The molecule has 0 fully saturated rings. The first-order valence-corrected chi connectivity index (χ1v) is 6.61. The smallest absolute Gasteiger partial charge is 0.325 e. The summed E-state index contributed by atoms with van der Waals surface area (Å²) >= 11 is 0. The molecule has 1 N–H and O–H groups in total. The SMILES string of the molecule is COC(=O)C(C)(C)NCc1ccc2c(c1)CCCO2. The highest BCUT2D eigenvalue weighted by molar-refractivity contribution is 5.79. The largest absolute Gasteiger partial charge is 0.493 e. The Bertz CT molecular complexity index is 468. The fourth-order valence-electron chi connectivity index (χ4n) is 2.17. The molecule has 2 rings (SSSR count). The molecule has 0 unspecified atom stereocenters. The van der Waals surface area contributed by atoms with Crippen molar-refractivity contribution in [3.05, 3.63) is 29.3 Å².